The minimum atomic E-state index is -0.0658. The Balaban J connectivity index is 2.42. The van der Waals surface area contributed by atoms with Crippen molar-refractivity contribution in [1.82, 2.24) is 4.90 Å². The van der Waals surface area contributed by atoms with E-state index >= 15 is 0 Å². The summed E-state index contributed by atoms with van der Waals surface area (Å²) in [6, 6.07) is 8.31. The molecule has 0 heterocycles. The molecule has 3 heteroatoms. The standard InChI is InChI=1S/C14H22N2O/c1-11-5-4-6-13(9-11)7-8-16(3)14(17)10-12(2)15/h4-6,9,12H,7-8,10,15H2,1-3H3. The maximum Gasteiger partial charge on any atom is 0.223 e. The molecule has 1 amide bonds. The number of rotatable bonds is 5. The quantitative estimate of drug-likeness (QED) is 0.843. The number of benzene rings is 1. The van der Waals surface area contributed by atoms with Gasteiger partial charge in [0.25, 0.3) is 0 Å². The molecule has 0 saturated carbocycles. The van der Waals surface area contributed by atoms with Crippen LogP contribution in [0.1, 0.15) is 24.5 Å². The van der Waals surface area contributed by atoms with Crippen molar-refractivity contribution in [3.8, 4) is 0 Å². The summed E-state index contributed by atoms with van der Waals surface area (Å²) in [6.45, 7) is 4.68. The van der Waals surface area contributed by atoms with E-state index in [0.29, 0.717) is 6.42 Å². The summed E-state index contributed by atoms with van der Waals surface area (Å²) in [5, 5.41) is 0. The highest BCUT2D eigenvalue weighted by atomic mass is 16.2. The monoisotopic (exact) mass is 234 g/mol. The third kappa shape index (κ3) is 5.00. The van der Waals surface area contributed by atoms with Gasteiger partial charge in [0, 0.05) is 26.1 Å². The number of hydrogen-bond acceptors (Lipinski definition) is 2. The van der Waals surface area contributed by atoms with Crippen molar-refractivity contribution in [2.75, 3.05) is 13.6 Å². The molecule has 0 aliphatic carbocycles. The lowest BCUT2D eigenvalue weighted by molar-refractivity contribution is -0.130. The molecule has 2 N–H and O–H groups in total. The van der Waals surface area contributed by atoms with Crippen LogP contribution in [0.15, 0.2) is 24.3 Å². The molecule has 94 valence electrons. The third-order valence-corrected chi connectivity index (χ3v) is 2.74. The Hall–Kier alpha value is -1.35. The lowest BCUT2D eigenvalue weighted by Crippen LogP contribution is -2.33. The number of amides is 1. The van der Waals surface area contributed by atoms with Crippen LogP contribution in [-0.2, 0) is 11.2 Å². The zero-order chi connectivity index (χ0) is 12.8. The molecular weight excluding hydrogens is 212 g/mol. The topological polar surface area (TPSA) is 46.3 Å². The van der Waals surface area contributed by atoms with E-state index in [0.717, 1.165) is 13.0 Å². The maximum absolute atomic E-state index is 11.7. The highest BCUT2D eigenvalue weighted by Crippen LogP contribution is 2.05. The molecule has 0 aromatic heterocycles. The van der Waals surface area contributed by atoms with Crippen molar-refractivity contribution in [3.05, 3.63) is 35.4 Å². The van der Waals surface area contributed by atoms with E-state index in [9.17, 15) is 4.79 Å². The van der Waals surface area contributed by atoms with Crippen molar-refractivity contribution in [2.45, 2.75) is 32.7 Å². The second-order valence-corrected chi connectivity index (χ2v) is 4.74. The zero-order valence-corrected chi connectivity index (χ0v) is 10.9. The minimum absolute atomic E-state index is 0.0658. The molecule has 17 heavy (non-hydrogen) atoms. The first-order chi connectivity index (χ1) is 7.99. The van der Waals surface area contributed by atoms with Gasteiger partial charge >= 0.3 is 0 Å². The second kappa shape index (κ2) is 6.40. The Kier molecular flexibility index (Phi) is 5.16. The van der Waals surface area contributed by atoms with E-state index in [-0.39, 0.29) is 11.9 Å². The van der Waals surface area contributed by atoms with Crippen LogP contribution < -0.4 is 5.73 Å². The number of nitrogens with zero attached hydrogens (tertiary/aromatic N) is 1. The van der Waals surface area contributed by atoms with Crippen molar-refractivity contribution in [1.29, 1.82) is 0 Å². The summed E-state index contributed by atoms with van der Waals surface area (Å²) in [5.74, 6) is 0.118. The van der Waals surface area contributed by atoms with Crippen molar-refractivity contribution >= 4 is 5.91 Å². The van der Waals surface area contributed by atoms with E-state index in [4.69, 9.17) is 5.73 Å². The first-order valence-corrected chi connectivity index (χ1v) is 6.04. The summed E-state index contributed by atoms with van der Waals surface area (Å²) in [7, 11) is 1.83. The molecule has 3 nitrogen and oxygen atoms in total. The predicted molar refractivity (Wildman–Crippen MR) is 70.8 cm³/mol. The minimum Gasteiger partial charge on any atom is -0.345 e. The van der Waals surface area contributed by atoms with Gasteiger partial charge in [-0.05, 0) is 25.8 Å². The molecule has 1 aromatic carbocycles. The molecule has 1 unspecified atom stereocenters. The van der Waals surface area contributed by atoms with Crippen LogP contribution in [0.5, 0.6) is 0 Å². The Morgan fingerprint density at radius 3 is 2.76 bits per heavy atom. The van der Waals surface area contributed by atoms with E-state index in [1.807, 2.05) is 14.0 Å². The van der Waals surface area contributed by atoms with Gasteiger partial charge in [0.15, 0.2) is 0 Å². The number of hydrogen-bond donors (Lipinski definition) is 1. The van der Waals surface area contributed by atoms with Crippen molar-refractivity contribution < 1.29 is 4.79 Å². The molecule has 1 rings (SSSR count). The highest BCUT2D eigenvalue weighted by molar-refractivity contribution is 5.76. The number of carbonyl (C=O) groups is 1. The fourth-order valence-electron chi connectivity index (χ4n) is 1.72. The van der Waals surface area contributed by atoms with Crippen molar-refractivity contribution in [3.63, 3.8) is 0 Å². The molecule has 0 bridgehead atoms. The molecule has 1 aromatic rings. The molecule has 0 fully saturated rings. The van der Waals surface area contributed by atoms with Gasteiger partial charge in [-0.1, -0.05) is 29.8 Å². The Morgan fingerprint density at radius 1 is 1.47 bits per heavy atom. The van der Waals surface area contributed by atoms with Gasteiger partial charge in [0.05, 0.1) is 0 Å². The average Bonchev–Trinajstić information content (AvgIpc) is 2.25. The summed E-state index contributed by atoms with van der Waals surface area (Å²) < 4.78 is 0. The van der Waals surface area contributed by atoms with E-state index in [1.54, 1.807) is 4.90 Å². The van der Waals surface area contributed by atoms with E-state index in [1.165, 1.54) is 11.1 Å². The molecule has 0 spiro atoms. The average molecular weight is 234 g/mol. The Labute approximate surface area is 104 Å². The molecule has 0 saturated heterocycles. The van der Waals surface area contributed by atoms with Crippen LogP contribution in [0.25, 0.3) is 0 Å². The SMILES string of the molecule is Cc1cccc(CCN(C)C(=O)CC(C)N)c1. The maximum atomic E-state index is 11.7. The van der Waals surface area contributed by atoms with Gasteiger partial charge in [-0.2, -0.15) is 0 Å². The third-order valence-electron chi connectivity index (χ3n) is 2.74. The Morgan fingerprint density at radius 2 is 2.18 bits per heavy atom. The van der Waals surface area contributed by atoms with Gasteiger partial charge < -0.3 is 10.6 Å². The highest BCUT2D eigenvalue weighted by Gasteiger charge is 2.10. The lowest BCUT2D eigenvalue weighted by Gasteiger charge is -2.18. The van der Waals surface area contributed by atoms with E-state index < -0.39 is 0 Å². The summed E-state index contributed by atoms with van der Waals surface area (Å²) >= 11 is 0. The first-order valence-electron chi connectivity index (χ1n) is 6.04. The smallest absolute Gasteiger partial charge is 0.223 e. The van der Waals surface area contributed by atoms with Crippen LogP contribution in [0.4, 0.5) is 0 Å². The van der Waals surface area contributed by atoms with Crippen LogP contribution in [-0.4, -0.2) is 30.4 Å². The predicted octanol–water partition coefficient (Wildman–Crippen LogP) is 1.73. The summed E-state index contributed by atoms with van der Waals surface area (Å²) in [6.07, 6.45) is 1.31. The summed E-state index contributed by atoms with van der Waals surface area (Å²) in [4.78, 5) is 13.4. The van der Waals surface area contributed by atoms with Gasteiger partial charge in [0.1, 0.15) is 0 Å². The zero-order valence-electron chi connectivity index (χ0n) is 10.9. The lowest BCUT2D eigenvalue weighted by atomic mass is 10.1. The number of aryl methyl sites for hydroxylation is 1. The summed E-state index contributed by atoms with van der Waals surface area (Å²) in [5.41, 5.74) is 8.14. The van der Waals surface area contributed by atoms with Crippen LogP contribution in [0.2, 0.25) is 0 Å². The fourth-order valence-corrected chi connectivity index (χ4v) is 1.72. The van der Waals surface area contributed by atoms with E-state index in [2.05, 4.69) is 31.2 Å². The van der Waals surface area contributed by atoms with Gasteiger partial charge in [-0.25, -0.2) is 0 Å². The molecular formula is C14H22N2O. The van der Waals surface area contributed by atoms with Crippen LogP contribution in [0, 0.1) is 6.92 Å². The molecule has 1 atom stereocenters. The fraction of sp³-hybridized carbons (Fsp3) is 0.500. The molecule has 0 radical (unpaired) electrons. The van der Waals surface area contributed by atoms with Gasteiger partial charge in [0.2, 0.25) is 5.91 Å². The van der Waals surface area contributed by atoms with Gasteiger partial charge in [-0.3, -0.25) is 4.79 Å². The number of carbonyl (C=O) groups excluding carboxylic acids is 1. The van der Waals surface area contributed by atoms with Crippen LogP contribution >= 0.6 is 0 Å². The second-order valence-electron chi connectivity index (χ2n) is 4.74. The van der Waals surface area contributed by atoms with Crippen molar-refractivity contribution in [2.24, 2.45) is 5.73 Å². The Bertz CT molecular complexity index is 374. The van der Waals surface area contributed by atoms with Gasteiger partial charge in [-0.15, -0.1) is 0 Å². The first kappa shape index (κ1) is 13.7. The number of nitrogens with two attached hydrogens (primary N) is 1. The molecule has 0 aliphatic rings. The molecule has 0 aliphatic heterocycles. The van der Waals surface area contributed by atoms with Crippen LogP contribution in [0.3, 0.4) is 0 Å². The normalized spacial score (nSPS) is 12.2. The largest absolute Gasteiger partial charge is 0.345 e. The number of likely N-dealkylation sites (N-methyl/N-ethyl adjacent to an activating group) is 1.